The minimum absolute atomic E-state index is 0.0335. The van der Waals surface area contributed by atoms with Crippen molar-refractivity contribution in [3.8, 4) is 5.69 Å². The maximum atomic E-state index is 14.7. The van der Waals surface area contributed by atoms with Gasteiger partial charge in [0.25, 0.3) is 5.56 Å². The molecule has 1 N–H and O–H groups in total. The lowest BCUT2D eigenvalue weighted by Gasteiger charge is -2.18. The summed E-state index contributed by atoms with van der Waals surface area (Å²) in [5.74, 6) is -0.106. The third kappa shape index (κ3) is 4.20. The van der Waals surface area contributed by atoms with E-state index in [2.05, 4.69) is 17.4 Å². The number of rotatable bonds is 5. The lowest BCUT2D eigenvalue weighted by Crippen LogP contribution is -2.24. The van der Waals surface area contributed by atoms with Gasteiger partial charge in [0.05, 0.1) is 22.5 Å². The topological polar surface area (TPSA) is 90.0 Å². The van der Waals surface area contributed by atoms with Gasteiger partial charge in [0.2, 0.25) is 11.8 Å². The van der Waals surface area contributed by atoms with Crippen LogP contribution in [0.5, 0.6) is 0 Å². The molecule has 1 amide bonds. The summed E-state index contributed by atoms with van der Waals surface area (Å²) in [5.41, 5.74) is 1.50. The largest absolute Gasteiger partial charge is 0.338 e. The van der Waals surface area contributed by atoms with Crippen molar-refractivity contribution in [1.82, 2.24) is 14.7 Å². The molecule has 4 aromatic rings. The Hall–Kier alpha value is -2.98. The first kappa shape index (κ1) is 21.8. The van der Waals surface area contributed by atoms with Crippen LogP contribution >= 0.6 is 23.1 Å². The number of carbonyl (C=O) groups excluding carboxylic acids is 1. The highest BCUT2D eigenvalue weighted by Crippen LogP contribution is 2.37. The average molecular weight is 485 g/mol. The van der Waals surface area contributed by atoms with E-state index in [9.17, 15) is 14.0 Å². The average Bonchev–Trinajstić information content (AvgIpc) is 3.35. The molecule has 0 saturated heterocycles. The summed E-state index contributed by atoms with van der Waals surface area (Å²) in [4.78, 5) is 32.7. The predicted octanol–water partition coefficient (Wildman–Crippen LogP) is 4.74. The van der Waals surface area contributed by atoms with Crippen molar-refractivity contribution in [3.05, 3.63) is 62.6 Å². The van der Waals surface area contributed by atoms with Crippen LogP contribution < -0.4 is 10.9 Å². The van der Waals surface area contributed by atoms with Gasteiger partial charge in [-0.2, -0.15) is 0 Å². The van der Waals surface area contributed by atoms with Gasteiger partial charge in [0.1, 0.15) is 10.6 Å². The van der Waals surface area contributed by atoms with Crippen molar-refractivity contribution in [2.75, 3.05) is 11.1 Å². The molecule has 1 unspecified atom stereocenters. The third-order valence-corrected chi connectivity index (χ3v) is 7.70. The Labute approximate surface area is 197 Å². The molecule has 10 heteroatoms. The SMILES string of the molecule is Cc1cc(NC(=O)CSc2nc3sc4c(c3c(=O)n2-c2ccccc2F)CCC(C)C4)on1. The molecule has 170 valence electrons. The van der Waals surface area contributed by atoms with Crippen LogP contribution in [0.3, 0.4) is 0 Å². The predicted molar refractivity (Wildman–Crippen MR) is 127 cm³/mol. The molecule has 1 aliphatic carbocycles. The van der Waals surface area contributed by atoms with Crippen molar-refractivity contribution < 1.29 is 13.7 Å². The number of aryl methyl sites for hydroxylation is 2. The fraction of sp³-hybridized carbons (Fsp3) is 0.304. The van der Waals surface area contributed by atoms with Crippen molar-refractivity contribution in [2.45, 2.75) is 38.3 Å². The van der Waals surface area contributed by atoms with E-state index in [4.69, 9.17) is 9.51 Å². The number of anilines is 1. The zero-order chi connectivity index (χ0) is 23.1. The molecular formula is C23H21FN4O3S2. The molecule has 0 bridgehead atoms. The van der Waals surface area contributed by atoms with E-state index in [1.54, 1.807) is 31.2 Å². The summed E-state index contributed by atoms with van der Waals surface area (Å²) in [7, 11) is 0. The number of carbonyl (C=O) groups is 1. The van der Waals surface area contributed by atoms with Gasteiger partial charge < -0.3 is 4.52 Å². The zero-order valence-electron chi connectivity index (χ0n) is 18.1. The van der Waals surface area contributed by atoms with Crippen LogP contribution in [0.15, 0.2) is 44.8 Å². The normalized spacial score (nSPS) is 15.5. The van der Waals surface area contributed by atoms with Gasteiger partial charge in [-0.05, 0) is 49.8 Å². The van der Waals surface area contributed by atoms with E-state index in [1.807, 2.05) is 0 Å². The summed E-state index contributed by atoms with van der Waals surface area (Å²) >= 11 is 2.60. The molecule has 3 aromatic heterocycles. The van der Waals surface area contributed by atoms with Crippen LogP contribution in [-0.4, -0.2) is 26.4 Å². The third-order valence-electron chi connectivity index (χ3n) is 5.61. The second kappa shape index (κ2) is 8.75. The van der Waals surface area contributed by atoms with Crippen LogP contribution in [-0.2, 0) is 17.6 Å². The fourth-order valence-corrected chi connectivity index (χ4v) is 6.27. The Morgan fingerprint density at radius 2 is 2.21 bits per heavy atom. The minimum atomic E-state index is -0.526. The van der Waals surface area contributed by atoms with Gasteiger partial charge in [-0.25, -0.2) is 9.37 Å². The van der Waals surface area contributed by atoms with Crippen LogP contribution in [0.4, 0.5) is 10.3 Å². The minimum Gasteiger partial charge on any atom is -0.338 e. The summed E-state index contributed by atoms with van der Waals surface area (Å²) in [6.07, 6.45) is 2.74. The first-order chi connectivity index (χ1) is 15.9. The van der Waals surface area contributed by atoms with Gasteiger partial charge in [0.15, 0.2) is 5.16 Å². The molecule has 0 aliphatic heterocycles. The van der Waals surface area contributed by atoms with Crippen LogP contribution in [0.1, 0.15) is 29.5 Å². The highest BCUT2D eigenvalue weighted by Gasteiger charge is 2.26. The van der Waals surface area contributed by atoms with Gasteiger partial charge in [-0.1, -0.05) is 36.0 Å². The summed E-state index contributed by atoms with van der Waals surface area (Å²) < 4.78 is 21.1. The molecule has 1 aliphatic rings. The number of amides is 1. The van der Waals surface area contributed by atoms with E-state index in [1.165, 1.54) is 26.8 Å². The van der Waals surface area contributed by atoms with Gasteiger partial charge in [-0.15, -0.1) is 11.3 Å². The number of thioether (sulfide) groups is 1. The summed E-state index contributed by atoms with van der Waals surface area (Å²) in [5, 5.41) is 7.20. The molecule has 3 heterocycles. The second-order valence-electron chi connectivity index (χ2n) is 8.19. The van der Waals surface area contributed by atoms with Crippen molar-refractivity contribution in [3.63, 3.8) is 0 Å². The number of nitrogens with one attached hydrogen (secondary N) is 1. The lowest BCUT2D eigenvalue weighted by molar-refractivity contribution is -0.113. The van der Waals surface area contributed by atoms with Crippen LogP contribution in [0, 0.1) is 18.7 Å². The first-order valence-corrected chi connectivity index (χ1v) is 12.4. The molecule has 1 aromatic carbocycles. The van der Waals surface area contributed by atoms with Gasteiger partial charge in [0, 0.05) is 10.9 Å². The monoisotopic (exact) mass is 484 g/mol. The first-order valence-electron chi connectivity index (χ1n) is 10.6. The maximum absolute atomic E-state index is 14.7. The molecule has 0 radical (unpaired) electrons. The molecule has 0 saturated carbocycles. The smallest absolute Gasteiger partial charge is 0.267 e. The highest BCUT2D eigenvalue weighted by molar-refractivity contribution is 7.99. The number of fused-ring (bicyclic) bond motifs is 3. The standard InChI is InChI=1S/C23H21FN4O3S2/c1-12-7-8-14-17(9-12)33-21-20(14)22(30)28(16-6-4-3-5-15(16)24)23(26-21)32-11-18(29)25-19-10-13(2)27-31-19/h3-6,10,12H,7-9,11H2,1-2H3,(H,25,29). The number of para-hydroxylation sites is 1. The van der Waals surface area contributed by atoms with Gasteiger partial charge >= 0.3 is 0 Å². The Morgan fingerprint density at radius 1 is 1.39 bits per heavy atom. The van der Waals surface area contributed by atoms with Crippen LogP contribution in [0.25, 0.3) is 15.9 Å². The van der Waals surface area contributed by atoms with Crippen LogP contribution in [0.2, 0.25) is 0 Å². The Balaban J connectivity index is 1.56. The number of nitrogens with zero attached hydrogens (tertiary/aromatic N) is 3. The molecular weight excluding hydrogens is 463 g/mol. The zero-order valence-corrected chi connectivity index (χ0v) is 19.7. The van der Waals surface area contributed by atoms with E-state index in [0.717, 1.165) is 36.6 Å². The number of hydrogen-bond acceptors (Lipinski definition) is 7. The van der Waals surface area contributed by atoms with E-state index in [-0.39, 0.29) is 33.9 Å². The molecule has 0 fully saturated rings. The van der Waals surface area contributed by atoms with E-state index >= 15 is 0 Å². The van der Waals surface area contributed by atoms with Gasteiger partial charge in [-0.3, -0.25) is 19.5 Å². The molecule has 1 atom stereocenters. The number of hydrogen-bond donors (Lipinski definition) is 1. The number of halogens is 1. The highest BCUT2D eigenvalue weighted by atomic mass is 32.2. The Kier molecular flexibility index (Phi) is 5.79. The van der Waals surface area contributed by atoms with Crippen molar-refractivity contribution in [1.29, 1.82) is 0 Å². The fourth-order valence-electron chi connectivity index (χ4n) is 4.04. The summed E-state index contributed by atoms with van der Waals surface area (Å²) in [6, 6.07) is 7.71. The number of benzene rings is 1. The molecule has 7 nitrogen and oxygen atoms in total. The van der Waals surface area contributed by atoms with Crippen molar-refractivity contribution in [2.24, 2.45) is 5.92 Å². The second-order valence-corrected chi connectivity index (χ2v) is 10.2. The number of aromatic nitrogens is 3. The van der Waals surface area contributed by atoms with E-state index < -0.39 is 5.82 Å². The quantitative estimate of drug-likeness (QED) is 0.325. The Bertz CT molecular complexity index is 1430. The Morgan fingerprint density at radius 3 is 2.97 bits per heavy atom. The molecule has 0 spiro atoms. The number of thiophene rings is 1. The van der Waals surface area contributed by atoms with E-state index in [0.29, 0.717) is 21.8 Å². The van der Waals surface area contributed by atoms with Crippen molar-refractivity contribution >= 4 is 45.1 Å². The molecule has 33 heavy (non-hydrogen) atoms. The summed E-state index contributed by atoms with van der Waals surface area (Å²) in [6.45, 7) is 3.95. The maximum Gasteiger partial charge on any atom is 0.267 e. The molecule has 5 rings (SSSR count). The lowest BCUT2D eigenvalue weighted by atomic mass is 9.89.